The molecule has 1 heterocycles. The van der Waals surface area contributed by atoms with Crippen molar-refractivity contribution in [1.82, 2.24) is 11.0 Å². The van der Waals surface area contributed by atoms with E-state index in [1.54, 1.807) is 0 Å². The SMILES string of the molecule is [NH3+]NNC1C(O)OC(CO)C(O)C1O. The van der Waals surface area contributed by atoms with Gasteiger partial charge >= 0.3 is 0 Å². The van der Waals surface area contributed by atoms with Gasteiger partial charge in [-0.15, -0.1) is 5.53 Å². The van der Waals surface area contributed by atoms with Crippen LogP contribution in [0.3, 0.4) is 0 Å². The summed E-state index contributed by atoms with van der Waals surface area (Å²) in [7, 11) is 0. The highest BCUT2D eigenvalue weighted by molar-refractivity contribution is 4.91. The fourth-order valence-corrected chi connectivity index (χ4v) is 1.37. The number of rotatable bonds is 3. The van der Waals surface area contributed by atoms with E-state index in [0.29, 0.717) is 0 Å². The average Bonchev–Trinajstić information content (AvgIpc) is 2.18. The molecule has 9 N–H and O–H groups in total. The van der Waals surface area contributed by atoms with Crippen LogP contribution in [0.2, 0.25) is 0 Å². The lowest BCUT2D eigenvalue weighted by Crippen LogP contribution is -2.76. The molecule has 0 radical (unpaired) electrons. The molecule has 5 atom stereocenters. The molecule has 1 aliphatic rings. The Morgan fingerprint density at radius 1 is 1.21 bits per heavy atom. The van der Waals surface area contributed by atoms with Gasteiger partial charge in [0.1, 0.15) is 24.4 Å². The summed E-state index contributed by atoms with van der Waals surface area (Å²) in [5.41, 5.74) is 4.71. The van der Waals surface area contributed by atoms with Gasteiger partial charge in [-0.1, -0.05) is 0 Å². The first-order valence-electron chi connectivity index (χ1n) is 4.20. The normalized spacial score (nSPS) is 43.9. The Bertz CT molecular complexity index is 183. The van der Waals surface area contributed by atoms with Crippen molar-refractivity contribution in [1.29, 1.82) is 0 Å². The Hall–Kier alpha value is -0.320. The van der Waals surface area contributed by atoms with Crippen LogP contribution in [0.1, 0.15) is 0 Å². The van der Waals surface area contributed by atoms with Gasteiger partial charge in [0.05, 0.1) is 6.61 Å². The van der Waals surface area contributed by atoms with Crippen LogP contribution >= 0.6 is 0 Å². The summed E-state index contributed by atoms with van der Waals surface area (Å²) in [5, 5.41) is 37.0. The second-order valence-corrected chi connectivity index (χ2v) is 3.08. The van der Waals surface area contributed by atoms with Crippen LogP contribution in [0.15, 0.2) is 0 Å². The third-order valence-electron chi connectivity index (χ3n) is 2.17. The van der Waals surface area contributed by atoms with E-state index in [1.165, 1.54) is 0 Å². The van der Waals surface area contributed by atoms with Gasteiger partial charge in [0, 0.05) is 0 Å². The summed E-state index contributed by atoms with van der Waals surface area (Å²) in [6.07, 6.45) is -4.80. The van der Waals surface area contributed by atoms with Gasteiger partial charge in [0.15, 0.2) is 6.29 Å². The lowest BCUT2D eigenvalue weighted by atomic mass is 9.98. The minimum atomic E-state index is -1.32. The number of nitrogens with one attached hydrogen (secondary N) is 2. The van der Waals surface area contributed by atoms with Gasteiger partial charge in [-0.2, -0.15) is 0 Å². The maximum atomic E-state index is 9.51. The highest BCUT2D eigenvalue weighted by Gasteiger charge is 2.43. The monoisotopic (exact) mass is 210 g/mol. The fourth-order valence-electron chi connectivity index (χ4n) is 1.37. The zero-order valence-corrected chi connectivity index (χ0v) is 7.50. The summed E-state index contributed by atoms with van der Waals surface area (Å²) >= 11 is 0. The quantitative estimate of drug-likeness (QED) is 0.231. The molecule has 14 heavy (non-hydrogen) atoms. The van der Waals surface area contributed by atoms with Gasteiger partial charge in [-0.05, 0) is 0 Å². The van der Waals surface area contributed by atoms with E-state index in [4.69, 9.17) is 9.84 Å². The van der Waals surface area contributed by atoms with Crippen molar-refractivity contribution in [3.05, 3.63) is 0 Å². The smallest absolute Gasteiger partial charge is 0.174 e. The largest absolute Gasteiger partial charge is 0.394 e. The van der Waals surface area contributed by atoms with Crippen LogP contribution in [0.5, 0.6) is 0 Å². The molecule has 0 aromatic heterocycles. The van der Waals surface area contributed by atoms with Crippen LogP contribution in [-0.2, 0) is 4.74 Å². The minimum Gasteiger partial charge on any atom is -0.394 e. The van der Waals surface area contributed by atoms with E-state index in [0.717, 1.165) is 0 Å². The molecule has 0 bridgehead atoms. The van der Waals surface area contributed by atoms with E-state index in [9.17, 15) is 15.3 Å². The third-order valence-corrected chi connectivity index (χ3v) is 2.17. The Labute approximate surface area is 80.2 Å². The summed E-state index contributed by atoms with van der Waals surface area (Å²) in [4.78, 5) is 0. The molecule has 1 fully saturated rings. The molecule has 0 saturated carbocycles. The molecule has 8 heteroatoms. The number of aliphatic hydroxyl groups is 4. The molecule has 0 amide bonds. The minimum absolute atomic E-state index is 0.472. The van der Waals surface area contributed by atoms with Crippen molar-refractivity contribution >= 4 is 0 Å². The first-order valence-corrected chi connectivity index (χ1v) is 4.20. The first-order chi connectivity index (χ1) is 6.61. The number of hydrogen-bond acceptors (Lipinski definition) is 7. The number of hydrazine groups is 1. The van der Waals surface area contributed by atoms with E-state index < -0.39 is 37.3 Å². The van der Waals surface area contributed by atoms with Crippen molar-refractivity contribution in [2.24, 2.45) is 0 Å². The average molecular weight is 210 g/mol. The molecule has 1 rings (SSSR count). The van der Waals surface area contributed by atoms with Crippen LogP contribution in [0, 0.1) is 0 Å². The molecule has 1 saturated heterocycles. The molecule has 84 valence electrons. The van der Waals surface area contributed by atoms with E-state index in [1.807, 2.05) is 0 Å². The number of hydrogen-bond donors (Lipinski definition) is 7. The molecule has 0 aromatic rings. The molecular weight excluding hydrogens is 194 g/mol. The maximum Gasteiger partial charge on any atom is 0.174 e. The Balaban J connectivity index is 2.63. The van der Waals surface area contributed by atoms with E-state index >= 15 is 0 Å². The lowest BCUT2D eigenvalue weighted by Gasteiger charge is -2.39. The third kappa shape index (κ3) is 2.19. The topological polar surface area (TPSA) is 142 Å². The van der Waals surface area contributed by atoms with Gasteiger partial charge in [0.2, 0.25) is 0 Å². The van der Waals surface area contributed by atoms with Crippen molar-refractivity contribution in [3.8, 4) is 0 Å². The van der Waals surface area contributed by atoms with Crippen molar-refractivity contribution in [2.75, 3.05) is 6.61 Å². The van der Waals surface area contributed by atoms with Crippen LogP contribution in [-0.4, -0.2) is 57.7 Å². The molecule has 5 unspecified atom stereocenters. The number of aliphatic hydroxyl groups excluding tert-OH is 4. The Kier molecular flexibility index (Phi) is 4.16. The predicted molar refractivity (Wildman–Crippen MR) is 42.9 cm³/mol. The second kappa shape index (κ2) is 4.96. The molecule has 0 spiro atoms. The van der Waals surface area contributed by atoms with Crippen molar-refractivity contribution < 1.29 is 31.0 Å². The lowest BCUT2D eigenvalue weighted by molar-refractivity contribution is -0.462. The summed E-state index contributed by atoms with van der Waals surface area (Å²) in [6, 6.07) is -0.898. The fraction of sp³-hybridized carbons (Fsp3) is 1.00. The molecule has 8 nitrogen and oxygen atoms in total. The van der Waals surface area contributed by atoms with Crippen molar-refractivity contribution in [3.63, 3.8) is 0 Å². The second-order valence-electron chi connectivity index (χ2n) is 3.08. The predicted octanol–water partition coefficient (Wildman–Crippen LogP) is -4.96. The van der Waals surface area contributed by atoms with Crippen LogP contribution < -0.4 is 16.8 Å². The van der Waals surface area contributed by atoms with Crippen molar-refractivity contribution in [2.45, 2.75) is 30.6 Å². The molecule has 0 aromatic carbocycles. The van der Waals surface area contributed by atoms with Gasteiger partial charge < -0.3 is 25.2 Å². The first kappa shape index (κ1) is 11.8. The van der Waals surface area contributed by atoms with E-state index in [-0.39, 0.29) is 0 Å². The van der Waals surface area contributed by atoms with Gasteiger partial charge in [-0.25, -0.2) is 5.43 Å². The van der Waals surface area contributed by atoms with Gasteiger partial charge in [-0.3, -0.25) is 5.84 Å². The Morgan fingerprint density at radius 3 is 2.36 bits per heavy atom. The standard InChI is InChI=1S/C6H15N3O5/c7-9-8-3-5(12)4(11)2(1-10)14-6(3)13/h2-6,8-13H,1,7H2/p+1. The highest BCUT2D eigenvalue weighted by Crippen LogP contribution is 2.18. The van der Waals surface area contributed by atoms with E-state index in [2.05, 4.69) is 16.8 Å². The Morgan fingerprint density at radius 2 is 1.86 bits per heavy atom. The molecule has 1 aliphatic heterocycles. The molecular formula is C6H16N3O5+. The maximum absolute atomic E-state index is 9.51. The summed E-state index contributed by atoms with van der Waals surface area (Å²) < 4.78 is 4.85. The number of ether oxygens (including phenoxy) is 1. The zero-order chi connectivity index (χ0) is 10.7. The number of quaternary nitrogens is 1. The summed E-state index contributed by atoms with van der Waals surface area (Å²) in [5.74, 6) is 3.24. The molecule has 0 aliphatic carbocycles. The van der Waals surface area contributed by atoms with Crippen LogP contribution in [0.25, 0.3) is 0 Å². The van der Waals surface area contributed by atoms with Gasteiger partial charge in [0.25, 0.3) is 0 Å². The van der Waals surface area contributed by atoms with Crippen LogP contribution in [0.4, 0.5) is 0 Å². The highest BCUT2D eigenvalue weighted by atomic mass is 16.6. The summed E-state index contributed by atoms with van der Waals surface area (Å²) in [6.45, 7) is -0.472. The zero-order valence-electron chi connectivity index (χ0n) is 7.50.